The van der Waals surface area contributed by atoms with Gasteiger partial charge in [-0.2, -0.15) is 0 Å². The molecule has 1 aliphatic heterocycles. The van der Waals surface area contributed by atoms with Crippen LogP contribution in [-0.4, -0.2) is 12.2 Å². The molecule has 0 aromatic heterocycles. The second-order valence-electron chi connectivity index (χ2n) is 4.26. The molecule has 1 nitrogen and oxygen atoms in total. The Morgan fingerprint density at radius 1 is 1.29 bits per heavy atom. The Hall–Kier alpha value is -0.0400. The lowest BCUT2D eigenvalue weighted by molar-refractivity contribution is -0.00804. The van der Waals surface area contributed by atoms with Crippen molar-refractivity contribution in [1.29, 1.82) is 0 Å². The van der Waals surface area contributed by atoms with E-state index in [1.54, 1.807) is 0 Å². The van der Waals surface area contributed by atoms with E-state index < -0.39 is 0 Å². The van der Waals surface area contributed by atoms with E-state index >= 15 is 0 Å². The monoisotopic (exact) mass is 200 g/mol. The van der Waals surface area contributed by atoms with Gasteiger partial charge in [0.2, 0.25) is 0 Å². The van der Waals surface area contributed by atoms with Crippen LogP contribution in [0.1, 0.15) is 66.7 Å². The molecule has 1 fully saturated rings. The van der Waals surface area contributed by atoms with Crippen molar-refractivity contribution in [3.05, 3.63) is 0 Å². The fourth-order valence-electron chi connectivity index (χ4n) is 2.17. The maximum absolute atomic E-state index is 5.90. The molecule has 0 aromatic rings. The van der Waals surface area contributed by atoms with Crippen LogP contribution in [0, 0.1) is 5.92 Å². The van der Waals surface area contributed by atoms with Gasteiger partial charge in [0.25, 0.3) is 0 Å². The molecule has 0 saturated carbocycles. The van der Waals surface area contributed by atoms with Crippen LogP contribution in [0.2, 0.25) is 0 Å². The zero-order valence-corrected chi connectivity index (χ0v) is 10.7. The number of unbranched alkanes of at least 4 members (excludes halogenated alkanes) is 1. The molecule has 0 spiro atoms. The molecule has 1 heterocycles. The van der Waals surface area contributed by atoms with E-state index in [2.05, 4.69) is 20.8 Å². The summed E-state index contributed by atoms with van der Waals surface area (Å²) in [4.78, 5) is 0. The molecule has 86 valence electrons. The summed E-state index contributed by atoms with van der Waals surface area (Å²) in [7, 11) is 0. The molecule has 1 heteroatoms. The SMILES string of the molecule is CC.CCCCC1(CC)CC(C)CO1. The minimum atomic E-state index is 0.259. The molecular weight excluding hydrogens is 172 g/mol. The Labute approximate surface area is 90.2 Å². The summed E-state index contributed by atoms with van der Waals surface area (Å²) in [6, 6.07) is 0. The molecule has 2 atom stereocenters. The van der Waals surface area contributed by atoms with Crippen LogP contribution in [-0.2, 0) is 4.74 Å². The molecule has 0 aliphatic carbocycles. The van der Waals surface area contributed by atoms with E-state index in [0.29, 0.717) is 0 Å². The number of hydrogen-bond acceptors (Lipinski definition) is 1. The van der Waals surface area contributed by atoms with E-state index in [1.807, 2.05) is 13.8 Å². The van der Waals surface area contributed by atoms with E-state index in [0.717, 1.165) is 12.5 Å². The highest BCUT2D eigenvalue weighted by molar-refractivity contribution is 4.86. The van der Waals surface area contributed by atoms with Gasteiger partial charge in [-0.25, -0.2) is 0 Å². The molecule has 0 N–H and O–H groups in total. The van der Waals surface area contributed by atoms with Crippen molar-refractivity contribution in [3.8, 4) is 0 Å². The second-order valence-corrected chi connectivity index (χ2v) is 4.26. The van der Waals surface area contributed by atoms with Gasteiger partial charge in [-0.3, -0.25) is 0 Å². The predicted octanol–water partition coefficient (Wildman–Crippen LogP) is 4.41. The zero-order valence-electron chi connectivity index (χ0n) is 10.7. The fraction of sp³-hybridized carbons (Fsp3) is 1.00. The molecule has 1 rings (SSSR count). The molecule has 1 saturated heterocycles. The normalized spacial score (nSPS) is 31.1. The zero-order chi connectivity index (χ0) is 11.0. The van der Waals surface area contributed by atoms with Crippen LogP contribution in [0.25, 0.3) is 0 Å². The van der Waals surface area contributed by atoms with E-state index in [-0.39, 0.29) is 5.60 Å². The minimum absolute atomic E-state index is 0.259. The third kappa shape index (κ3) is 4.00. The first kappa shape index (κ1) is 14.0. The molecule has 1 aliphatic rings. The van der Waals surface area contributed by atoms with Crippen molar-refractivity contribution in [2.75, 3.05) is 6.61 Å². The topological polar surface area (TPSA) is 9.23 Å². The van der Waals surface area contributed by atoms with Crippen LogP contribution in [0.3, 0.4) is 0 Å². The molecular formula is C13H28O. The quantitative estimate of drug-likeness (QED) is 0.653. The van der Waals surface area contributed by atoms with Crippen molar-refractivity contribution in [3.63, 3.8) is 0 Å². The largest absolute Gasteiger partial charge is 0.375 e. The van der Waals surface area contributed by atoms with Gasteiger partial charge in [-0.1, -0.05) is 47.5 Å². The first-order valence-electron chi connectivity index (χ1n) is 6.36. The van der Waals surface area contributed by atoms with Crippen LogP contribution < -0.4 is 0 Å². The Bertz CT molecular complexity index is 133. The van der Waals surface area contributed by atoms with E-state index in [9.17, 15) is 0 Å². The van der Waals surface area contributed by atoms with Crippen molar-refractivity contribution in [1.82, 2.24) is 0 Å². The first-order chi connectivity index (χ1) is 6.72. The highest BCUT2D eigenvalue weighted by atomic mass is 16.5. The summed E-state index contributed by atoms with van der Waals surface area (Å²) in [5.41, 5.74) is 0.259. The van der Waals surface area contributed by atoms with Gasteiger partial charge in [0.15, 0.2) is 0 Å². The highest BCUT2D eigenvalue weighted by Gasteiger charge is 2.35. The van der Waals surface area contributed by atoms with Crippen LogP contribution in [0.5, 0.6) is 0 Å². The van der Waals surface area contributed by atoms with Gasteiger partial charge in [0.05, 0.1) is 5.60 Å². The molecule has 2 unspecified atom stereocenters. The average molecular weight is 200 g/mol. The maximum Gasteiger partial charge on any atom is 0.0683 e. The molecule has 0 amide bonds. The summed E-state index contributed by atoms with van der Waals surface area (Å²) >= 11 is 0. The summed E-state index contributed by atoms with van der Waals surface area (Å²) in [6.45, 7) is 11.8. The predicted molar refractivity (Wildman–Crippen MR) is 63.6 cm³/mol. The van der Waals surface area contributed by atoms with E-state index in [4.69, 9.17) is 4.74 Å². The lowest BCUT2D eigenvalue weighted by atomic mass is 9.88. The Morgan fingerprint density at radius 3 is 2.29 bits per heavy atom. The van der Waals surface area contributed by atoms with E-state index in [1.165, 1.54) is 32.1 Å². The lowest BCUT2D eigenvalue weighted by Crippen LogP contribution is -2.26. The summed E-state index contributed by atoms with van der Waals surface area (Å²) in [5, 5.41) is 0. The summed E-state index contributed by atoms with van der Waals surface area (Å²) in [5.74, 6) is 0.779. The number of rotatable bonds is 4. The minimum Gasteiger partial charge on any atom is -0.375 e. The third-order valence-corrected chi connectivity index (χ3v) is 3.02. The van der Waals surface area contributed by atoms with Crippen LogP contribution in [0.15, 0.2) is 0 Å². The highest BCUT2D eigenvalue weighted by Crippen LogP contribution is 2.36. The van der Waals surface area contributed by atoms with Crippen LogP contribution in [0.4, 0.5) is 0 Å². The van der Waals surface area contributed by atoms with Crippen molar-refractivity contribution in [2.45, 2.75) is 72.3 Å². The molecule has 0 aromatic carbocycles. The van der Waals surface area contributed by atoms with Gasteiger partial charge in [-0.05, 0) is 25.2 Å². The molecule has 14 heavy (non-hydrogen) atoms. The fourth-order valence-corrected chi connectivity index (χ4v) is 2.17. The first-order valence-corrected chi connectivity index (χ1v) is 6.36. The van der Waals surface area contributed by atoms with Crippen molar-refractivity contribution < 1.29 is 4.74 Å². The molecule has 0 bridgehead atoms. The smallest absolute Gasteiger partial charge is 0.0683 e. The second kappa shape index (κ2) is 7.28. The van der Waals surface area contributed by atoms with Gasteiger partial charge in [-0.15, -0.1) is 0 Å². The Balaban J connectivity index is 0.000000791. The van der Waals surface area contributed by atoms with Gasteiger partial charge in [0.1, 0.15) is 0 Å². The van der Waals surface area contributed by atoms with Gasteiger partial charge in [0, 0.05) is 6.61 Å². The number of hydrogen-bond donors (Lipinski definition) is 0. The molecule has 0 radical (unpaired) electrons. The summed E-state index contributed by atoms with van der Waals surface area (Å²) in [6.07, 6.45) is 6.35. The lowest BCUT2D eigenvalue weighted by Gasteiger charge is -2.26. The maximum atomic E-state index is 5.90. The average Bonchev–Trinajstić information content (AvgIpc) is 2.61. The Morgan fingerprint density at radius 2 is 1.93 bits per heavy atom. The Kier molecular flexibility index (Phi) is 7.26. The standard InChI is InChI=1S/C11H22O.C2H6/c1-4-6-7-11(5-2)8-10(3)9-12-11;1-2/h10H,4-9H2,1-3H3;1-2H3. The van der Waals surface area contributed by atoms with Crippen LogP contribution >= 0.6 is 0 Å². The third-order valence-electron chi connectivity index (χ3n) is 3.02. The van der Waals surface area contributed by atoms with Crippen molar-refractivity contribution in [2.24, 2.45) is 5.92 Å². The van der Waals surface area contributed by atoms with Gasteiger partial charge < -0.3 is 4.74 Å². The summed E-state index contributed by atoms with van der Waals surface area (Å²) < 4.78 is 5.90. The number of ether oxygens (including phenoxy) is 1. The van der Waals surface area contributed by atoms with Gasteiger partial charge >= 0.3 is 0 Å². The van der Waals surface area contributed by atoms with Crippen molar-refractivity contribution >= 4 is 0 Å².